The van der Waals surface area contributed by atoms with Crippen LogP contribution in [0.3, 0.4) is 0 Å². The molecule has 76 valence electrons. The summed E-state index contributed by atoms with van der Waals surface area (Å²) in [5, 5.41) is 3.77. The Morgan fingerprint density at radius 3 is 2.50 bits per heavy atom. The van der Waals surface area contributed by atoms with Crippen molar-refractivity contribution in [1.29, 1.82) is 0 Å². The molecule has 0 heterocycles. The van der Waals surface area contributed by atoms with E-state index in [1.807, 2.05) is 43.3 Å². The summed E-state index contributed by atoms with van der Waals surface area (Å²) < 4.78 is 0. The van der Waals surface area contributed by atoms with Gasteiger partial charge in [0.2, 0.25) is 0 Å². The molecular formula is C11H15ClN2. The number of benzene rings is 1. The van der Waals surface area contributed by atoms with Gasteiger partial charge in [0.15, 0.2) is 0 Å². The maximum absolute atomic E-state index is 5.79. The predicted octanol–water partition coefficient (Wildman–Crippen LogP) is 2.46. The molecule has 0 radical (unpaired) electrons. The number of hydrogen-bond acceptors (Lipinski definition) is 2. The summed E-state index contributed by atoms with van der Waals surface area (Å²) in [7, 11) is 3.86. The summed E-state index contributed by atoms with van der Waals surface area (Å²) in [6.07, 6.45) is 0. The molecule has 2 nitrogen and oxygen atoms in total. The van der Waals surface area contributed by atoms with E-state index in [4.69, 9.17) is 11.6 Å². The number of hydrogen-bond donors (Lipinski definition) is 1. The van der Waals surface area contributed by atoms with Gasteiger partial charge in [-0.2, -0.15) is 0 Å². The maximum Gasteiger partial charge on any atom is 0.0936 e. The molecule has 0 atom stereocenters. The molecule has 1 aromatic carbocycles. The monoisotopic (exact) mass is 210 g/mol. The van der Waals surface area contributed by atoms with Gasteiger partial charge in [0.05, 0.1) is 5.82 Å². The van der Waals surface area contributed by atoms with Crippen molar-refractivity contribution in [2.45, 2.75) is 6.54 Å². The van der Waals surface area contributed by atoms with Gasteiger partial charge in [-0.1, -0.05) is 30.3 Å². The summed E-state index contributed by atoms with van der Waals surface area (Å²) in [6, 6.07) is 7.82. The van der Waals surface area contributed by atoms with Crippen LogP contribution in [-0.4, -0.2) is 19.0 Å². The quantitative estimate of drug-likeness (QED) is 0.822. The molecule has 0 fully saturated rings. The van der Waals surface area contributed by atoms with Crippen molar-refractivity contribution in [2.24, 2.45) is 0 Å². The molecule has 0 aliphatic heterocycles. The van der Waals surface area contributed by atoms with Crippen LogP contribution >= 0.6 is 11.6 Å². The van der Waals surface area contributed by atoms with Crippen LogP contribution in [0.5, 0.6) is 0 Å². The van der Waals surface area contributed by atoms with Crippen LogP contribution in [0.2, 0.25) is 5.02 Å². The number of nitrogens with one attached hydrogen (secondary N) is 1. The molecule has 0 bridgehead atoms. The van der Waals surface area contributed by atoms with Gasteiger partial charge in [-0.05, 0) is 17.7 Å². The summed E-state index contributed by atoms with van der Waals surface area (Å²) in [4.78, 5) is 2.04. The van der Waals surface area contributed by atoms with Gasteiger partial charge in [-0.25, -0.2) is 0 Å². The lowest BCUT2D eigenvalue weighted by Gasteiger charge is -2.21. The Hall–Kier alpha value is -1.15. The molecule has 14 heavy (non-hydrogen) atoms. The summed E-state index contributed by atoms with van der Waals surface area (Å²) >= 11 is 5.79. The van der Waals surface area contributed by atoms with Crippen molar-refractivity contribution in [3.8, 4) is 0 Å². The fraction of sp³-hybridized carbons (Fsp3) is 0.273. The molecule has 0 saturated carbocycles. The first kappa shape index (κ1) is 10.9. The number of rotatable bonds is 4. The third-order valence-corrected chi connectivity index (χ3v) is 2.33. The van der Waals surface area contributed by atoms with E-state index in [2.05, 4.69) is 11.9 Å². The SMILES string of the molecule is C=C(NC)N(C)Cc1ccc(Cl)cc1. The van der Waals surface area contributed by atoms with Crippen LogP contribution in [-0.2, 0) is 6.54 Å². The molecule has 0 amide bonds. The summed E-state index contributed by atoms with van der Waals surface area (Å²) in [5.41, 5.74) is 1.22. The highest BCUT2D eigenvalue weighted by Gasteiger charge is 2.00. The fourth-order valence-corrected chi connectivity index (χ4v) is 1.28. The van der Waals surface area contributed by atoms with Crippen molar-refractivity contribution in [3.05, 3.63) is 47.3 Å². The Labute approximate surface area is 90.2 Å². The van der Waals surface area contributed by atoms with Crippen LogP contribution in [0.25, 0.3) is 0 Å². The van der Waals surface area contributed by atoms with Crippen LogP contribution in [0, 0.1) is 0 Å². The number of halogens is 1. The van der Waals surface area contributed by atoms with E-state index in [9.17, 15) is 0 Å². The van der Waals surface area contributed by atoms with Crippen molar-refractivity contribution in [2.75, 3.05) is 14.1 Å². The zero-order valence-electron chi connectivity index (χ0n) is 8.55. The summed E-state index contributed by atoms with van der Waals surface area (Å²) in [5.74, 6) is 0.903. The minimum atomic E-state index is 0.767. The van der Waals surface area contributed by atoms with Crippen molar-refractivity contribution >= 4 is 11.6 Å². The van der Waals surface area contributed by atoms with Gasteiger partial charge in [0.25, 0.3) is 0 Å². The average Bonchev–Trinajstić information content (AvgIpc) is 2.20. The molecule has 1 rings (SSSR count). The Bertz CT molecular complexity index is 306. The molecule has 1 N–H and O–H groups in total. The van der Waals surface area contributed by atoms with E-state index in [0.29, 0.717) is 0 Å². The third-order valence-electron chi connectivity index (χ3n) is 2.08. The lowest BCUT2D eigenvalue weighted by Crippen LogP contribution is -2.24. The van der Waals surface area contributed by atoms with E-state index < -0.39 is 0 Å². The van der Waals surface area contributed by atoms with Gasteiger partial charge in [0, 0.05) is 25.7 Å². The van der Waals surface area contributed by atoms with Gasteiger partial charge in [0.1, 0.15) is 0 Å². The van der Waals surface area contributed by atoms with Gasteiger partial charge < -0.3 is 10.2 Å². The second-order valence-electron chi connectivity index (χ2n) is 3.18. The largest absolute Gasteiger partial charge is 0.375 e. The Kier molecular flexibility index (Phi) is 3.84. The second-order valence-corrected chi connectivity index (χ2v) is 3.62. The fourth-order valence-electron chi connectivity index (χ4n) is 1.15. The topological polar surface area (TPSA) is 15.3 Å². The molecule has 0 spiro atoms. The van der Waals surface area contributed by atoms with Crippen molar-refractivity contribution < 1.29 is 0 Å². The van der Waals surface area contributed by atoms with Crippen LogP contribution in [0.1, 0.15) is 5.56 Å². The van der Waals surface area contributed by atoms with Crippen molar-refractivity contribution in [3.63, 3.8) is 0 Å². The molecule has 3 heteroatoms. The van der Waals surface area contributed by atoms with E-state index in [0.717, 1.165) is 17.4 Å². The number of nitrogens with zero attached hydrogens (tertiary/aromatic N) is 1. The summed E-state index contributed by atoms with van der Waals surface area (Å²) in [6.45, 7) is 4.71. The normalized spacial score (nSPS) is 9.64. The molecule has 0 aromatic heterocycles. The van der Waals surface area contributed by atoms with E-state index in [1.165, 1.54) is 5.56 Å². The van der Waals surface area contributed by atoms with Crippen LogP contribution in [0.15, 0.2) is 36.7 Å². The molecule has 0 unspecified atom stereocenters. The minimum Gasteiger partial charge on any atom is -0.375 e. The van der Waals surface area contributed by atoms with E-state index in [-0.39, 0.29) is 0 Å². The molecule has 0 saturated heterocycles. The molecule has 1 aromatic rings. The Morgan fingerprint density at radius 1 is 1.43 bits per heavy atom. The second kappa shape index (κ2) is 4.91. The zero-order valence-corrected chi connectivity index (χ0v) is 9.30. The smallest absolute Gasteiger partial charge is 0.0936 e. The van der Waals surface area contributed by atoms with Gasteiger partial charge in [-0.15, -0.1) is 0 Å². The Morgan fingerprint density at radius 2 is 2.00 bits per heavy atom. The lowest BCUT2D eigenvalue weighted by molar-refractivity contribution is 0.388. The zero-order chi connectivity index (χ0) is 10.6. The van der Waals surface area contributed by atoms with E-state index >= 15 is 0 Å². The molecule has 0 aliphatic carbocycles. The van der Waals surface area contributed by atoms with E-state index in [1.54, 1.807) is 0 Å². The minimum absolute atomic E-state index is 0.767. The first-order chi connectivity index (χ1) is 6.63. The highest BCUT2D eigenvalue weighted by atomic mass is 35.5. The van der Waals surface area contributed by atoms with Gasteiger partial charge in [-0.3, -0.25) is 0 Å². The van der Waals surface area contributed by atoms with Crippen LogP contribution in [0.4, 0.5) is 0 Å². The highest BCUT2D eigenvalue weighted by Crippen LogP contribution is 2.11. The first-order valence-electron chi connectivity index (χ1n) is 4.45. The highest BCUT2D eigenvalue weighted by molar-refractivity contribution is 6.30. The predicted molar refractivity (Wildman–Crippen MR) is 61.1 cm³/mol. The third kappa shape index (κ3) is 2.96. The van der Waals surface area contributed by atoms with Crippen LogP contribution < -0.4 is 5.32 Å². The Balaban J connectivity index is 2.60. The molecule has 0 aliphatic rings. The lowest BCUT2D eigenvalue weighted by atomic mass is 10.2. The molecular weight excluding hydrogens is 196 g/mol. The van der Waals surface area contributed by atoms with Crippen molar-refractivity contribution in [1.82, 2.24) is 10.2 Å². The van der Waals surface area contributed by atoms with Gasteiger partial charge >= 0.3 is 0 Å². The first-order valence-corrected chi connectivity index (χ1v) is 4.83. The standard InChI is InChI=1S/C11H15ClN2/c1-9(13-2)14(3)8-10-4-6-11(12)7-5-10/h4-7,13H,1,8H2,2-3H3. The maximum atomic E-state index is 5.79. The average molecular weight is 211 g/mol.